The van der Waals surface area contributed by atoms with Crippen LogP contribution in [0.5, 0.6) is 5.75 Å². The van der Waals surface area contributed by atoms with Crippen LogP contribution in [-0.4, -0.2) is 35.7 Å². The number of hydrogen-bond acceptors (Lipinski definition) is 6. The quantitative estimate of drug-likeness (QED) is 0.323. The van der Waals surface area contributed by atoms with Crippen LogP contribution in [0, 0.1) is 6.92 Å². The van der Waals surface area contributed by atoms with Gasteiger partial charge in [0.05, 0.1) is 24.8 Å². The van der Waals surface area contributed by atoms with Crippen LogP contribution in [0.3, 0.4) is 0 Å². The molecule has 3 rings (SSSR count). The van der Waals surface area contributed by atoms with Crippen LogP contribution in [0.1, 0.15) is 18.1 Å². The molecule has 0 radical (unpaired) electrons. The van der Waals surface area contributed by atoms with E-state index in [9.17, 15) is 0 Å². The zero-order chi connectivity index (χ0) is 19.8. The highest BCUT2D eigenvalue weighted by Crippen LogP contribution is 2.26. The topological polar surface area (TPSA) is 78.5 Å². The first-order valence-electron chi connectivity index (χ1n) is 9.22. The molecule has 0 aliphatic carbocycles. The van der Waals surface area contributed by atoms with Gasteiger partial charge in [0.25, 0.3) is 0 Å². The van der Waals surface area contributed by atoms with Gasteiger partial charge >= 0.3 is 0 Å². The van der Waals surface area contributed by atoms with Crippen LogP contribution in [-0.2, 0) is 6.42 Å². The zero-order valence-electron chi connectivity index (χ0n) is 16.2. The van der Waals surface area contributed by atoms with E-state index in [4.69, 9.17) is 10.5 Å². The highest BCUT2D eigenvalue weighted by molar-refractivity contribution is 7.97. The van der Waals surface area contributed by atoms with Gasteiger partial charge in [0.1, 0.15) is 5.75 Å². The third kappa shape index (κ3) is 5.48. The minimum atomic E-state index is 0.306. The Bertz CT molecular complexity index is 800. The van der Waals surface area contributed by atoms with Gasteiger partial charge in [-0.1, -0.05) is 29.8 Å². The van der Waals surface area contributed by atoms with E-state index in [1.807, 2.05) is 40.6 Å². The number of hydrogen-bond donors (Lipinski definition) is 2. The fourth-order valence-electron chi connectivity index (χ4n) is 2.67. The maximum absolute atomic E-state index is 6.27. The number of benzene rings is 2. The third-order valence-electron chi connectivity index (χ3n) is 4.08. The number of guanidine groups is 1. The number of hydrazine groups is 1. The highest BCUT2D eigenvalue weighted by atomic mass is 32.2. The first-order chi connectivity index (χ1) is 13.7. The summed E-state index contributed by atoms with van der Waals surface area (Å²) in [5, 5.41) is 13.5. The Kier molecular flexibility index (Phi) is 7.30. The fraction of sp³-hybridized carbons (Fsp3) is 0.300. The molecular formula is C20H26N6OS. The van der Waals surface area contributed by atoms with E-state index in [2.05, 4.69) is 46.7 Å². The fourth-order valence-corrected chi connectivity index (χ4v) is 3.48. The minimum absolute atomic E-state index is 0.306. The van der Waals surface area contributed by atoms with Crippen molar-refractivity contribution in [1.82, 2.24) is 9.73 Å². The van der Waals surface area contributed by atoms with Crippen molar-refractivity contribution in [2.24, 2.45) is 15.9 Å². The second-order valence-electron chi connectivity index (χ2n) is 6.22. The molecule has 8 heteroatoms. The lowest BCUT2D eigenvalue weighted by atomic mass is 10.1. The minimum Gasteiger partial charge on any atom is -0.494 e. The predicted molar refractivity (Wildman–Crippen MR) is 117 cm³/mol. The molecule has 1 heterocycles. The van der Waals surface area contributed by atoms with Gasteiger partial charge in [0, 0.05) is 12.6 Å². The van der Waals surface area contributed by atoms with Gasteiger partial charge in [-0.2, -0.15) is 5.10 Å². The second kappa shape index (κ2) is 10.1. The van der Waals surface area contributed by atoms with Crippen molar-refractivity contribution in [3.8, 4) is 5.75 Å². The lowest BCUT2D eigenvalue weighted by molar-refractivity contribution is 0.340. The van der Waals surface area contributed by atoms with Crippen molar-refractivity contribution in [2.75, 3.05) is 24.2 Å². The molecule has 0 amide bonds. The molecule has 0 saturated carbocycles. The molecule has 1 aliphatic rings. The Morgan fingerprint density at radius 2 is 2.00 bits per heavy atom. The van der Waals surface area contributed by atoms with Crippen molar-refractivity contribution < 1.29 is 4.74 Å². The summed E-state index contributed by atoms with van der Waals surface area (Å²) >= 11 is 1.63. The van der Waals surface area contributed by atoms with Gasteiger partial charge in [-0.25, -0.2) is 5.01 Å². The number of anilines is 1. The van der Waals surface area contributed by atoms with Gasteiger partial charge in [-0.3, -0.25) is 5.32 Å². The largest absolute Gasteiger partial charge is 0.494 e. The summed E-state index contributed by atoms with van der Waals surface area (Å²) in [6.07, 6.45) is 2.48. The monoisotopic (exact) mass is 398 g/mol. The molecule has 1 aliphatic heterocycles. The van der Waals surface area contributed by atoms with Crippen LogP contribution in [0.4, 0.5) is 5.69 Å². The molecule has 0 unspecified atom stereocenters. The average molecular weight is 399 g/mol. The molecule has 28 heavy (non-hydrogen) atoms. The van der Waals surface area contributed by atoms with Gasteiger partial charge < -0.3 is 10.5 Å². The molecule has 0 aromatic heterocycles. The van der Waals surface area contributed by atoms with E-state index < -0.39 is 0 Å². The van der Waals surface area contributed by atoms with Gasteiger partial charge in [0.15, 0.2) is 0 Å². The van der Waals surface area contributed by atoms with Crippen LogP contribution >= 0.6 is 11.9 Å². The zero-order valence-corrected chi connectivity index (χ0v) is 17.0. The summed E-state index contributed by atoms with van der Waals surface area (Å²) in [5.41, 5.74) is 9.60. The molecule has 3 N–H and O–H groups in total. The molecule has 148 valence electrons. The third-order valence-corrected chi connectivity index (χ3v) is 5.01. The Morgan fingerprint density at radius 1 is 1.25 bits per heavy atom. The highest BCUT2D eigenvalue weighted by Gasteiger charge is 2.24. The number of nitrogens with two attached hydrogens (primary N) is 1. The van der Waals surface area contributed by atoms with Gasteiger partial charge in [-0.15, -0.1) is 9.52 Å². The Balaban J connectivity index is 1.72. The Labute approximate surface area is 170 Å². The maximum atomic E-state index is 6.27. The molecule has 0 spiro atoms. The van der Waals surface area contributed by atoms with Crippen LogP contribution in [0.2, 0.25) is 0 Å². The Hall–Kier alpha value is -2.55. The van der Waals surface area contributed by atoms with Crippen molar-refractivity contribution in [2.45, 2.75) is 20.3 Å². The first kappa shape index (κ1) is 20.2. The van der Waals surface area contributed by atoms with E-state index in [0.29, 0.717) is 25.7 Å². The predicted octanol–water partition coefficient (Wildman–Crippen LogP) is 3.13. The normalized spacial score (nSPS) is 15.3. The summed E-state index contributed by atoms with van der Waals surface area (Å²) in [6, 6.07) is 16.1. The molecule has 0 atom stereocenters. The molecular weight excluding hydrogens is 372 g/mol. The van der Waals surface area contributed by atoms with Crippen LogP contribution < -0.4 is 20.8 Å². The second-order valence-corrected chi connectivity index (χ2v) is 7.19. The van der Waals surface area contributed by atoms with E-state index in [0.717, 1.165) is 17.3 Å². The van der Waals surface area contributed by atoms with E-state index in [1.165, 1.54) is 11.1 Å². The molecule has 2 aromatic carbocycles. The smallest absolute Gasteiger partial charge is 0.236 e. The number of aryl methyl sites for hydroxylation is 1. The number of nitrogens with one attached hydrogen (secondary N) is 1. The molecule has 2 aromatic rings. The summed E-state index contributed by atoms with van der Waals surface area (Å²) in [4.78, 5) is 0. The molecule has 1 fully saturated rings. The van der Waals surface area contributed by atoms with Crippen molar-refractivity contribution >= 4 is 29.8 Å². The summed E-state index contributed by atoms with van der Waals surface area (Å²) in [6.45, 7) is 5.34. The lowest BCUT2D eigenvalue weighted by Gasteiger charge is -2.30. The Morgan fingerprint density at radius 3 is 2.64 bits per heavy atom. The van der Waals surface area contributed by atoms with Gasteiger partial charge in [0.2, 0.25) is 5.96 Å². The first-order valence-corrected chi connectivity index (χ1v) is 10.2. The van der Waals surface area contributed by atoms with Gasteiger partial charge in [-0.05, 0) is 55.6 Å². The van der Waals surface area contributed by atoms with Crippen molar-refractivity contribution in [1.29, 1.82) is 0 Å². The standard InChI is InChI=1S/C20H26N6OS/c1-3-27-19-10-8-18(9-11-19)26(25-14-22-15-28-25)20(21)24-23-13-12-17-6-4-16(2)5-7-17/h4-11,13,22H,3,12,14-15H2,1-2H3,(H2,21,24)/b23-13+. The molecule has 1 saturated heterocycles. The number of ether oxygens (including phenoxy) is 1. The number of nitrogens with zero attached hydrogens (tertiary/aromatic N) is 4. The molecule has 7 nitrogen and oxygen atoms in total. The summed E-state index contributed by atoms with van der Waals surface area (Å²) < 4.78 is 7.54. The van der Waals surface area contributed by atoms with Crippen molar-refractivity contribution in [3.05, 3.63) is 59.7 Å². The summed E-state index contributed by atoms with van der Waals surface area (Å²) in [5.74, 6) is 1.95. The SMILES string of the molecule is CCOc1ccc(N(/C(N)=N/N=C/Cc2ccc(C)cc2)N2CNCS2)cc1. The van der Waals surface area contributed by atoms with E-state index in [-0.39, 0.29) is 0 Å². The van der Waals surface area contributed by atoms with Crippen LogP contribution in [0.15, 0.2) is 58.7 Å². The molecule has 0 bridgehead atoms. The van der Waals surface area contributed by atoms with Crippen molar-refractivity contribution in [3.63, 3.8) is 0 Å². The van der Waals surface area contributed by atoms with Crippen LogP contribution in [0.25, 0.3) is 0 Å². The van der Waals surface area contributed by atoms with E-state index in [1.54, 1.807) is 18.2 Å². The maximum Gasteiger partial charge on any atom is 0.236 e. The van der Waals surface area contributed by atoms with E-state index >= 15 is 0 Å². The number of rotatable bonds is 7. The lowest BCUT2D eigenvalue weighted by Crippen LogP contribution is -2.47. The average Bonchev–Trinajstić information content (AvgIpc) is 3.23. The summed E-state index contributed by atoms with van der Waals surface area (Å²) in [7, 11) is 0.